The maximum atomic E-state index is 12.0. The molecule has 0 bridgehead atoms. The molecule has 0 unspecified atom stereocenters. The van der Waals surface area contributed by atoms with Crippen molar-refractivity contribution in [3.8, 4) is 0 Å². The Kier molecular flexibility index (Phi) is 2.62. The van der Waals surface area contributed by atoms with Gasteiger partial charge in [-0.2, -0.15) is 0 Å². The SMILES string of the molecule is Cc1cc(NC(=O)C2CC2)nc2ccn(C)c(=O)c12. The van der Waals surface area contributed by atoms with Gasteiger partial charge in [-0.1, -0.05) is 0 Å². The Balaban J connectivity index is 2.07. The standard InChI is InChI=1S/C14H15N3O2/c1-8-7-11(16-13(18)9-3-4-9)15-10-5-6-17(2)14(19)12(8)10/h5-7,9H,3-4H2,1-2H3,(H,15,16,18). The number of hydrogen-bond acceptors (Lipinski definition) is 3. The molecule has 3 rings (SSSR count). The summed E-state index contributed by atoms with van der Waals surface area (Å²) in [7, 11) is 1.71. The molecule has 5 heteroatoms. The van der Waals surface area contributed by atoms with Crippen molar-refractivity contribution in [1.29, 1.82) is 0 Å². The highest BCUT2D eigenvalue weighted by molar-refractivity contribution is 5.94. The number of carbonyl (C=O) groups excluding carboxylic acids is 1. The van der Waals surface area contributed by atoms with Crippen LogP contribution in [0.4, 0.5) is 5.82 Å². The monoisotopic (exact) mass is 257 g/mol. The molecule has 0 spiro atoms. The molecule has 1 fully saturated rings. The van der Waals surface area contributed by atoms with E-state index in [9.17, 15) is 9.59 Å². The van der Waals surface area contributed by atoms with E-state index < -0.39 is 0 Å². The molecule has 1 aliphatic rings. The van der Waals surface area contributed by atoms with Gasteiger partial charge in [-0.15, -0.1) is 0 Å². The number of nitrogens with one attached hydrogen (secondary N) is 1. The van der Waals surface area contributed by atoms with Gasteiger partial charge >= 0.3 is 0 Å². The first-order valence-electron chi connectivity index (χ1n) is 6.34. The molecule has 5 nitrogen and oxygen atoms in total. The lowest BCUT2D eigenvalue weighted by Gasteiger charge is -2.08. The van der Waals surface area contributed by atoms with Crippen molar-refractivity contribution in [3.05, 3.63) is 34.2 Å². The van der Waals surface area contributed by atoms with Crippen LogP contribution in [-0.2, 0) is 11.8 Å². The first-order valence-corrected chi connectivity index (χ1v) is 6.34. The molecular formula is C14H15N3O2. The first-order chi connectivity index (χ1) is 9.06. The fourth-order valence-corrected chi connectivity index (χ4v) is 2.16. The minimum atomic E-state index is -0.0671. The minimum absolute atomic E-state index is 0.0232. The van der Waals surface area contributed by atoms with Crippen molar-refractivity contribution in [2.45, 2.75) is 19.8 Å². The minimum Gasteiger partial charge on any atom is -0.318 e. The average Bonchev–Trinajstić information content (AvgIpc) is 3.17. The second-order valence-corrected chi connectivity index (χ2v) is 5.08. The number of fused-ring (bicyclic) bond motifs is 1. The van der Waals surface area contributed by atoms with Gasteiger partial charge in [0.1, 0.15) is 5.82 Å². The van der Waals surface area contributed by atoms with Crippen molar-refractivity contribution < 1.29 is 4.79 Å². The van der Waals surface area contributed by atoms with Crippen LogP contribution in [0.5, 0.6) is 0 Å². The smallest absolute Gasteiger partial charge is 0.260 e. The Morgan fingerprint density at radius 3 is 2.89 bits per heavy atom. The predicted molar refractivity (Wildman–Crippen MR) is 73.1 cm³/mol. The van der Waals surface area contributed by atoms with Gasteiger partial charge in [0.25, 0.3) is 5.56 Å². The van der Waals surface area contributed by atoms with Gasteiger partial charge in [-0.05, 0) is 37.5 Å². The summed E-state index contributed by atoms with van der Waals surface area (Å²) < 4.78 is 1.53. The number of hydrogen-bond donors (Lipinski definition) is 1. The van der Waals surface area contributed by atoms with Gasteiger partial charge in [0.05, 0.1) is 10.9 Å². The number of amides is 1. The summed E-state index contributed by atoms with van der Waals surface area (Å²) in [5.41, 5.74) is 1.38. The molecule has 1 N–H and O–H groups in total. The van der Waals surface area contributed by atoms with Crippen molar-refractivity contribution in [2.75, 3.05) is 5.32 Å². The summed E-state index contributed by atoms with van der Waals surface area (Å²) in [6.07, 6.45) is 3.60. The van der Waals surface area contributed by atoms with Gasteiger partial charge in [0.15, 0.2) is 0 Å². The number of nitrogens with zero attached hydrogens (tertiary/aromatic N) is 2. The van der Waals surface area contributed by atoms with Crippen LogP contribution in [0.3, 0.4) is 0 Å². The van der Waals surface area contributed by atoms with Gasteiger partial charge < -0.3 is 9.88 Å². The molecule has 19 heavy (non-hydrogen) atoms. The molecule has 0 atom stereocenters. The normalized spacial score (nSPS) is 14.6. The zero-order chi connectivity index (χ0) is 13.6. The van der Waals surface area contributed by atoms with E-state index >= 15 is 0 Å². The third kappa shape index (κ3) is 2.12. The summed E-state index contributed by atoms with van der Waals surface area (Å²) in [4.78, 5) is 28.1. The van der Waals surface area contributed by atoms with E-state index in [0.29, 0.717) is 16.7 Å². The van der Waals surface area contributed by atoms with E-state index in [1.807, 2.05) is 6.92 Å². The zero-order valence-corrected chi connectivity index (χ0v) is 10.9. The third-order valence-corrected chi connectivity index (χ3v) is 3.43. The Labute approximate surface area is 110 Å². The molecule has 0 aromatic carbocycles. The second-order valence-electron chi connectivity index (χ2n) is 5.08. The van der Waals surface area contributed by atoms with E-state index in [1.54, 1.807) is 25.4 Å². The lowest BCUT2D eigenvalue weighted by atomic mass is 10.1. The van der Waals surface area contributed by atoms with Gasteiger partial charge in [0, 0.05) is 19.2 Å². The van der Waals surface area contributed by atoms with Crippen LogP contribution in [0, 0.1) is 12.8 Å². The predicted octanol–water partition coefficient (Wildman–Crippen LogP) is 1.59. The van der Waals surface area contributed by atoms with Crippen molar-refractivity contribution in [3.63, 3.8) is 0 Å². The maximum Gasteiger partial charge on any atom is 0.260 e. The van der Waals surface area contributed by atoms with Crippen LogP contribution >= 0.6 is 0 Å². The van der Waals surface area contributed by atoms with Crippen LogP contribution in [0.25, 0.3) is 10.9 Å². The van der Waals surface area contributed by atoms with Crippen LogP contribution in [0.1, 0.15) is 18.4 Å². The highest BCUT2D eigenvalue weighted by atomic mass is 16.2. The second kappa shape index (κ2) is 4.19. The number of aromatic nitrogens is 2. The summed E-state index contributed by atoms with van der Waals surface area (Å²) in [6.45, 7) is 1.86. The van der Waals surface area contributed by atoms with Crippen LogP contribution < -0.4 is 10.9 Å². The molecule has 0 aliphatic heterocycles. The molecule has 0 radical (unpaired) electrons. The highest BCUT2D eigenvalue weighted by Gasteiger charge is 2.29. The Bertz CT molecular complexity index is 729. The molecule has 2 aromatic rings. The summed E-state index contributed by atoms with van der Waals surface area (Å²) in [5, 5.41) is 3.42. The molecular weight excluding hydrogens is 242 g/mol. The van der Waals surface area contributed by atoms with Gasteiger partial charge in [0.2, 0.25) is 5.91 Å². The van der Waals surface area contributed by atoms with Gasteiger partial charge in [-0.25, -0.2) is 4.98 Å². The molecule has 2 aromatic heterocycles. The van der Waals surface area contributed by atoms with Crippen molar-refractivity contribution >= 4 is 22.6 Å². The van der Waals surface area contributed by atoms with Crippen molar-refractivity contribution in [2.24, 2.45) is 13.0 Å². The number of carbonyl (C=O) groups is 1. The number of pyridine rings is 2. The van der Waals surface area contributed by atoms with E-state index in [2.05, 4.69) is 10.3 Å². The first kappa shape index (κ1) is 11.9. The molecule has 98 valence electrons. The van der Waals surface area contributed by atoms with Crippen molar-refractivity contribution in [1.82, 2.24) is 9.55 Å². The van der Waals surface area contributed by atoms with E-state index in [1.165, 1.54) is 4.57 Å². The van der Waals surface area contributed by atoms with E-state index in [0.717, 1.165) is 18.4 Å². The lowest BCUT2D eigenvalue weighted by Crippen LogP contribution is -2.18. The Morgan fingerprint density at radius 2 is 2.21 bits per heavy atom. The summed E-state index contributed by atoms with van der Waals surface area (Å²) in [6, 6.07) is 3.54. The van der Waals surface area contributed by atoms with E-state index in [4.69, 9.17) is 0 Å². The fraction of sp³-hybridized carbons (Fsp3) is 0.357. The average molecular weight is 257 g/mol. The topological polar surface area (TPSA) is 64.0 Å². The maximum absolute atomic E-state index is 12.0. The highest BCUT2D eigenvalue weighted by Crippen LogP contribution is 2.30. The zero-order valence-electron chi connectivity index (χ0n) is 10.9. The van der Waals surface area contributed by atoms with Crippen LogP contribution in [0.15, 0.2) is 23.1 Å². The number of rotatable bonds is 2. The fourth-order valence-electron chi connectivity index (χ4n) is 2.16. The Hall–Kier alpha value is -2.17. The number of anilines is 1. The van der Waals surface area contributed by atoms with Crippen LogP contribution in [-0.4, -0.2) is 15.5 Å². The number of aryl methyl sites for hydroxylation is 2. The summed E-state index contributed by atoms with van der Waals surface area (Å²) >= 11 is 0. The molecule has 0 saturated heterocycles. The lowest BCUT2D eigenvalue weighted by molar-refractivity contribution is -0.117. The molecule has 1 saturated carbocycles. The Morgan fingerprint density at radius 1 is 1.47 bits per heavy atom. The third-order valence-electron chi connectivity index (χ3n) is 3.43. The van der Waals surface area contributed by atoms with Gasteiger partial charge in [-0.3, -0.25) is 9.59 Å². The molecule has 1 amide bonds. The molecule has 2 heterocycles. The molecule has 1 aliphatic carbocycles. The summed E-state index contributed by atoms with van der Waals surface area (Å²) in [5.74, 6) is 0.687. The van der Waals surface area contributed by atoms with E-state index in [-0.39, 0.29) is 17.4 Å². The quantitative estimate of drug-likeness (QED) is 0.888. The largest absolute Gasteiger partial charge is 0.318 e. The van der Waals surface area contributed by atoms with Crippen LogP contribution in [0.2, 0.25) is 0 Å².